The van der Waals surface area contributed by atoms with Crippen LogP contribution >= 0.6 is 0 Å². The topological polar surface area (TPSA) is 67.9 Å². The van der Waals surface area contributed by atoms with Gasteiger partial charge < -0.3 is 20.4 Å². The van der Waals surface area contributed by atoms with Crippen LogP contribution in [-0.4, -0.2) is 56.5 Å². The summed E-state index contributed by atoms with van der Waals surface area (Å²) in [5.41, 5.74) is 4.28. The van der Waals surface area contributed by atoms with Gasteiger partial charge in [0.15, 0.2) is 0 Å². The van der Waals surface area contributed by atoms with Crippen LogP contribution < -0.4 is 20.4 Å². The Kier molecular flexibility index (Phi) is 6.44. The third kappa shape index (κ3) is 4.47. The SMILES string of the molecule is O=CNc1cccc2c1N(CCN1CCN(c3ccccc3)CC1)C(c1ccccc1)NC2=O. The van der Waals surface area contributed by atoms with Crippen LogP contribution in [0.25, 0.3) is 0 Å². The van der Waals surface area contributed by atoms with Crippen LogP contribution in [0.4, 0.5) is 17.1 Å². The molecule has 0 aromatic heterocycles. The van der Waals surface area contributed by atoms with E-state index in [2.05, 4.69) is 49.6 Å². The molecule has 174 valence electrons. The molecule has 2 aliphatic heterocycles. The minimum atomic E-state index is -0.304. The van der Waals surface area contributed by atoms with Crippen LogP contribution in [0.5, 0.6) is 0 Å². The average molecular weight is 456 g/mol. The molecule has 3 aromatic rings. The number of rotatable bonds is 7. The molecule has 0 bridgehead atoms. The van der Waals surface area contributed by atoms with Crippen LogP contribution in [0.15, 0.2) is 78.9 Å². The summed E-state index contributed by atoms with van der Waals surface area (Å²) in [7, 11) is 0. The Morgan fingerprint density at radius 2 is 1.56 bits per heavy atom. The smallest absolute Gasteiger partial charge is 0.255 e. The zero-order valence-corrected chi connectivity index (χ0v) is 19.1. The highest BCUT2D eigenvalue weighted by atomic mass is 16.2. The van der Waals surface area contributed by atoms with E-state index in [0.29, 0.717) is 17.7 Å². The second kappa shape index (κ2) is 9.97. The predicted octanol–water partition coefficient (Wildman–Crippen LogP) is 3.33. The van der Waals surface area contributed by atoms with Crippen LogP contribution in [0.3, 0.4) is 0 Å². The van der Waals surface area contributed by atoms with Crippen molar-refractivity contribution in [3.63, 3.8) is 0 Å². The van der Waals surface area contributed by atoms with E-state index < -0.39 is 0 Å². The lowest BCUT2D eigenvalue weighted by molar-refractivity contribution is -0.105. The molecule has 0 radical (unpaired) electrons. The lowest BCUT2D eigenvalue weighted by Gasteiger charge is -2.42. The molecule has 0 aliphatic carbocycles. The molecule has 2 heterocycles. The Labute approximate surface area is 200 Å². The summed E-state index contributed by atoms with van der Waals surface area (Å²) in [5, 5.41) is 5.97. The van der Waals surface area contributed by atoms with Crippen molar-refractivity contribution in [2.24, 2.45) is 0 Å². The zero-order valence-electron chi connectivity index (χ0n) is 19.1. The second-order valence-corrected chi connectivity index (χ2v) is 8.61. The van der Waals surface area contributed by atoms with Crippen molar-refractivity contribution in [2.75, 3.05) is 54.4 Å². The first kappa shape index (κ1) is 22.0. The largest absolute Gasteiger partial charge is 0.369 e. The van der Waals surface area contributed by atoms with Crippen molar-refractivity contribution >= 4 is 29.4 Å². The molecule has 7 nitrogen and oxygen atoms in total. The van der Waals surface area contributed by atoms with E-state index in [-0.39, 0.29) is 12.1 Å². The highest BCUT2D eigenvalue weighted by molar-refractivity contribution is 6.06. The van der Waals surface area contributed by atoms with Crippen molar-refractivity contribution in [1.29, 1.82) is 0 Å². The number of piperazine rings is 1. The fourth-order valence-electron chi connectivity index (χ4n) is 4.88. The number of anilines is 3. The second-order valence-electron chi connectivity index (χ2n) is 8.61. The van der Waals surface area contributed by atoms with E-state index in [4.69, 9.17) is 0 Å². The summed E-state index contributed by atoms with van der Waals surface area (Å²) >= 11 is 0. The van der Waals surface area contributed by atoms with Crippen molar-refractivity contribution < 1.29 is 9.59 Å². The standard InChI is InChI=1S/C27H29N5O2/c33-20-28-24-13-7-12-23-25(24)32(26(29-27(23)34)21-8-3-1-4-9-21)19-16-30-14-17-31(18-15-30)22-10-5-2-6-11-22/h1-13,20,26H,14-19H2,(H,28,33)(H,29,34). The van der Waals surface area contributed by atoms with E-state index in [1.165, 1.54) is 5.69 Å². The molecule has 2 amide bonds. The number of para-hydroxylation sites is 2. The lowest BCUT2D eigenvalue weighted by atomic mass is 10.0. The maximum atomic E-state index is 13.0. The molecule has 2 aliphatic rings. The van der Waals surface area contributed by atoms with Gasteiger partial charge in [-0.3, -0.25) is 14.5 Å². The van der Waals surface area contributed by atoms with Gasteiger partial charge >= 0.3 is 0 Å². The predicted molar refractivity (Wildman–Crippen MR) is 135 cm³/mol. The number of nitrogens with zero attached hydrogens (tertiary/aromatic N) is 3. The molecule has 1 saturated heterocycles. The lowest BCUT2D eigenvalue weighted by Crippen LogP contribution is -2.52. The van der Waals surface area contributed by atoms with E-state index >= 15 is 0 Å². The Morgan fingerprint density at radius 1 is 0.853 bits per heavy atom. The quantitative estimate of drug-likeness (QED) is 0.535. The fraction of sp³-hybridized carbons (Fsp3) is 0.259. The molecular weight excluding hydrogens is 426 g/mol. The zero-order chi connectivity index (χ0) is 23.3. The van der Waals surface area contributed by atoms with Crippen molar-refractivity contribution in [3.8, 4) is 0 Å². The molecule has 5 rings (SSSR count). The number of nitrogens with one attached hydrogen (secondary N) is 2. The molecule has 34 heavy (non-hydrogen) atoms. The van der Waals surface area contributed by atoms with E-state index in [0.717, 1.165) is 50.5 Å². The van der Waals surface area contributed by atoms with E-state index in [9.17, 15) is 9.59 Å². The number of benzene rings is 3. The minimum Gasteiger partial charge on any atom is -0.369 e. The summed E-state index contributed by atoms with van der Waals surface area (Å²) in [5.74, 6) is -0.133. The maximum absolute atomic E-state index is 13.0. The highest BCUT2D eigenvalue weighted by Crippen LogP contribution is 2.38. The van der Waals surface area contributed by atoms with Gasteiger partial charge in [-0.15, -0.1) is 0 Å². The van der Waals surface area contributed by atoms with Gasteiger partial charge in [-0.25, -0.2) is 0 Å². The minimum absolute atomic E-state index is 0.133. The Bertz CT molecular complexity index is 1130. The van der Waals surface area contributed by atoms with Gasteiger partial charge in [0.1, 0.15) is 6.17 Å². The van der Waals surface area contributed by atoms with Gasteiger partial charge in [0, 0.05) is 45.0 Å². The van der Waals surface area contributed by atoms with Gasteiger partial charge in [-0.1, -0.05) is 54.6 Å². The highest BCUT2D eigenvalue weighted by Gasteiger charge is 2.34. The van der Waals surface area contributed by atoms with Crippen LogP contribution in [0.1, 0.15) is 22.1 Å². The Balaban J connectivity index is 1.36. The van der Waals surface area contributed by atoms with Crippen molar-refractivity contribution in [3.05, 3.63) is 90.0 Å². The number of carbonyl (C=O) groups excluding carboxylic acids is 2. The van der Waals surface area contributed by atoms with Gasteiger partial charge in [0.2, 0.25) is 6.41 Å². The fourth-order valence-corrected chi connectivity index (χ4v) is 4.88. The first-order valence-corrected chi connectivity index (χ1v) is 11.7. The third-order valence-electron chi connectivity index (χ3n) is 6.63. The van der Waals surface area contributed by atoms with E-state index in [1.54, 1.807) is 6.07 Å². The molecule has 1 fully saturated rings. The first-order valence-electron chi connectivity index (χ1n) is 11.7. The summed E-state index contributed by atoms with van der Waals surface area (Å²) in [6.07, 6.45) is 0.363. The summed E-state index contributed by atoms with van der Waals surface area (Å²) in [6.45, 7) is 5.50. The van der Waals surface area contributed by atoms with Crippen molar-refractivity contribution in [2.45, 2.75) is 6.17 Å². The summed E-state index contributed by atoms with van der Waals surface area (Å²) < 4.78 is 0. The van der Waals surface area contributed by atoms with Gasteiger partial charge in [0.05, 0.1) is 16.9 Å². The Hall–Kier alpha value is -3.84. The average Bonchev–Trinajstić information content (AvgIpc) is 2.90. The number of hydrogen-bond donors (Lipinski definition) is 2. The molecule has 2 N–H and O–H groups in total. The summed E-state index contributed by atoms with van der Waals surface area (Å²) in [4.78, 5) is 31.4. The van der Waals surface area contributed by atoms with Crippen LogP contribution in [0, 0.1) is 0 Å². The molecule has 3 aromatic carbocycles. The molecule has 7 heteroatoms. The normalized spacial score (nSPS) is 18.2. The van der Waals surface area contributed by atoms with Crippen molar-refractivity contribution in [1.82, 2.24) is 10.2 Å². The van der Waals surface area contributed by atoms with Gasteiger partial charge in [-0.05, 0) is 29.8 Å². The van der Waals surface area contributed by atoms with Crippen LogP contribution in [-0.2, 0) is 4.79 Å². The monoisotopic (exact) mass is 455 g/mol. The Morgan fingerprint density at radius 3 is 2.26 bits per heavy atom. The van der Waals surface area contributed by atoms with Gasteiger partial charge in [0.25, 0.3) is 5.91 Å². The molecule has 0 saturated carbocycles. The summed E-state index contributed by atoms with van der Waals surface area (Å²) in [6, 6.07) is 26.0. The number of carbonyl (C=O) groups is 2. The van der Waals surface area contributed by atoms with Gasteiger partial charge in [-0.2, -0.15) is 0 Å². The third-order valence-corrected chi connectivity index (χ3v) is 6.63. The molecule has 1 atom stereocenters. The molecule has 1 unspecified atom stereocenters. The molecular formula is C27H29N5O2. The first-order chi connectivity index (χ1) is 16.7. The van der Waals surface area contributed by atoms with E-state index in [1.807, 2.05) is 48.5 Å². The molecule has 0 spiro atoms. The number of amides is 2. The number of hydrogen-bond acceptors (Lipinski definition) is 5. The van der Waals surface area contributed by atoms with Crippen LogP contribution in [0.2, 0.25) is 0 Å². The maximum Gasteiger partial charge on any atom is 0.255 e. The number of fused-ring (bicyclic) bond motifs is 1.